The van der Waals surface area contributed by atoms with Crippen LogP contribution in [0.1, 0.15) is 44.9 Å². The third-order valence-corrected chi connectivity index (χ3v) is 5.29. The van der Waals surface area contributed by atoms with Crippen LogP contribution < -0.4 is 5.32 Å². The van der Waals surface area contributed by atoms with Gasteiger partial charge in [-0.1, -0.05) is 6.42 Å². The molecule has 0 aromatic rings. The highest BCUT2D eigenvalue weighted by Gasteiger charge is 2.34. The largest absolute Gasteiger partial charge is 0.311 e. The highest BCUT2D eigenvalue weighted by molar-refractivity contribution is 4.95. The Morgan fingerprint density at radius 2 is 1.72 bits per heavy atom. The lowest BCUT2D eigenvalue weighted by molar-refractivity contribution is 0.139. The molecule has 2 bridgehead atoms. The minimum atomic E-state index is 0.825. The predicted octanol–water partition coefficient (Wildman–Crippen LogP) is 1.69. The Kier molecular flexibility index (Phi) is 4.22. The van der Waals surface area contributed by atoms with E-state index in [9.17, 15) is 0 Å². The van der Waals surface area contributed by atoms with Gasteiger partial charge in [0.15, 0.2) is 0 Å². The lowest BCUT2D eigenvalue weighted by Gasteiger charge is -2.37. The van der Waals surface area contributed by atoms with Crippen molar-refractivity contribution in [2.24, 2.45) is 0 Å². The van der Waals surface area contributed by atoms with Crippen molar-refractivity contribution in [1.29, 1.82) is 0 Å². The first kappa shape index (κ1) is 12.9. The number of likely N-dealkylation sites (N-methyl/N-ethyl adjacent to an activating group) is 1. The van der Waals surface area contributed by atoms with Crippen molar-refractivity contribution in [2.45, 2.75) is 63.1 Å². The fraction of sp³-hybridized carbons (Fsp3) is 1.00. The molecule has 104 valence electrons. The van der Waals surface area contributed by atoms with Crippen LogP contribution in [0, 0.1) is 0 Å². The van der Waals surface area contributed by atoms with Crippen molar-refractivity contribution in [3.05, 3.63) is 0 Å². The van der Waals surface area contributed by atoms with E-state index in [0.29, 0.717) is 0 Å². The number of piperidine rings is 2. The molecule has 3 aliphatic heterocycles. The number of hydrogen-bond acceptors (Lipinski definition) is 3. The molecule has 3 nitrogen and oxygen atoms in total. The van der Waals surface area contributed by atoms with Gasteiger partial charge in [0.1, 0.15) is 0 Å². The molecular formula is C15H29N3. The van der Waals surface area contributed by atoms with E-state index in [4.69, 9.17) is 0 Å². The molecule has 0 saturated carbocycles. The lowest BCUT2D eigenvalue weighted by atomic mass is 9.98. The van der Waals surface area contributed by atoms with E-state index in [1.54, 1.807) is 0 Å². The van der Waals surface area contributed by atoms with Crippen LogP contribution >= 0.6 is 0 Å². The predicted molar refractivity (Wildman–Crippen MR) is 75.9 cm³/mol. The molecular weight excluding hydrogens is 222 g/mol. The number of fused-ring (bicyclic) bond motifs is 2. The fourth-order valence-corrected chi connectivity index (χ4v) is 4.05. The molecule has 2 atom stereocenters. The highest BCUT2D eigenvalue weighted by atomic mass is 15.2. The van der Waals surface area contributed by atoms with E-state index in [-0.39, 0.29) is 0 Å². The van der Waals surface area contributed by atoms with Gasteiger partial charge in [-0.05, 0) is 58.7 Å². The van der Waals surface area contributed by atoms with Crippen molar-refractivity contribution < 1.29 is 0 Å². The van der Waals surface area contributed by atoms with Gasteiger partial charge in [-0.3, -0.25) is 0 Å². The van der Waals surface area contributed by atoms with Gasteiger partial charge in [0.05, 0.1) is 0 Å². The van der Waals surface area contributed by atoms with E-state index in [1.807, 2.05) is 0 Å². The highest BCUT2D eigenvalue weighted by Crippen LogP contribution is 2.29. The van der Waals surface area contributed by atoms with Crippen LogP contribution in [0.4, 0.5) is 0 Å². The fourth-order valence-electron chi connectivity index (χ4n) is 4.05. The zero-order valence-electron chi connectivity index (χ0n) is 11.9. The van der Waals surface area contributed by atoms with Gasteiger partial charge in [-0.25, -0.2) is 0 Å². The summed E-state index contributed by atoms with van der Waals surface area (Å²) in [5, 5.41) is 3.74. The Labute approximate surface area is 112 Å². The maximum Gasteiger partial charge on any atom is 0.0122 e. The van der Waals surface area contributed by atoms with Crippen molar-refractivity contribution in [3.8, 4) is 0 Å². The molecule has 3 rings (SSSR count). The van der Waals surface area contributed by atoms with Crippen molar-refractivity contribution >= 4 is 0 Å². The van der Waals surface area contributed by atoms with Crippen molar-refractivity contribution in [3.63, 3.8) is 0 Å². The molecule has 3 heterocycles. The zero-order chi connectivity index (χ0) is 12.4. The van der Waals surface area contributed by atoms with Gasteiger partial charge in [0.2, 0.25) is 0 Å². The Morgan fingerprint density at radius 1 is 1.06 bits per heavy atom. The molecule has 0 spiro atoms. The molecule has 0 aliphatic carbocycles. The third kappa shape index (κ3) is 3.06. The van der Waals surface area contributed by atoms with Crippen molar-refractivity contribution in [1.82, 2.24) is 15.1 Å². The van der Waals surface area contributed by atoms with Crippen LogP contribution in [-0.4, -0.2) is 61.2 Å². The van der Waals surface area contributed by atoms with Gasteiger partial charge < -0.3 is 15.1 Å². The van der Waals surface area contributed by atoms with E-state index in [0.717, 1.165) is 18.1 Å². The SMILES string of the molecule is CN(CCN1CCCCC1)C1CC2CCC(C1)N2. The summed E-state index contributed by atoms with van der Waals surface area (Å²) in [6, 6.07) is 2.49. The molecule has 3 heteroatoms. The third-order valence-electron chi connectivity index (χ3n) is 5.29. The minimum absolute atomic E-state index is 0.825. The summed E-state index contributed by atoms with van der Waals surface area (Å²) in [4.78, 5) is 5.30. The molecule has 0 amide bonds. The maximum absolute atomic E-state index is 3.74. The standard InChI is InChI=1S/C15H29N3/c1-17(9-10-18-7-3-2-4-8-18)15-11-13-5-6-14(12-15)16-13/h13-16H,2-12H2,1H3. The molecule has 0 aromatic heterocycles. The molecule has 0 aromatic carbocycles. The Hall–Kier alpha value is -0.120. The first-order chi connectivity index (χ1) is 8.81. The van der Waals surface area contributed by atoms with E-state index in [2.05, 4.69) is 22.2 Å². The topological polar surface area (TPSA) is 18.5 Å². The monoisotopic (exact) mass is 251 g/mol. The normalized spacial score (nSPS) is 37.3. The van der Waals surface area contributed by atoms with Crippen LogP contribution in [0.5, 0.6) is 0 Å². The second-order valence-electron chi connectivity index (χ2n) is 6.65. The van der Waals surface area contributed by atoms with Crippen LogP contribution in [0.15, 0.2) is 0 Å². The summed E-state index contributed by atoms with van der Waals surface area (Å²) in [5.74, 6) is 0. The summed E-state index contributed by atoms with van der Waals surface area (Å²) in [6.07, 6.45) is 9.88. The summed E-state index contributed by atoms with van der Waals surface area (Å²) in [6.45, 7) is 5.23. The molecule has 18 heavy (non-hydrogen) atoms. The quantitative estimate of drug-likeness (QED) is 0.820. The van der Waals surface area contributed by atoms with Gasteiger partial charge in [0.25, 0.3) is 0 Å². The summed E-state index contributed by atoms with van der Waals surface area (Å²) >= 11 is 0. The van der Waals surface area contributed by atoms with Crippen LogP contribution in [0.2, 0.25) is 0 Å². The van der Waals surface area contributed by atoms with Gasteiger partial charge in [0, 0.05) is 31.2 Å². The Bertz CT molecular complexity index is 250. The van der Waals surface area contributed by atoms with Gasteiger partial charge in [-0.15, -0.1) is 0 Å². The van der Waals surface area contributed by atoms with E-state index < -0.39 is 0 Å². The number of rotatable bonds is 4. The first-order valence-electron chi connectivity index (χ1n) is 8.00. The average molecular weight is 251 g/mol. The zero-order valence-corrected chi connectivity index (χ0v) is 11.9. The van der Waals surface area contributed by atoms with Crippen LogP contribution in [-0.2, 0) is 0 Å². The van der Waals surface area contributed by atoms with E-state index >= 15 is 0 Å². The second kappa shape index (κ2) is 5.89. The molecule has 3 saturated heterocycles. The average Bonchev–Trinajstić information content (AvgIpc) is 2.76. The smallest absolute Gasteiger partial charge is 0.0122 e. The summed E-state index contributed by atoms with van der Waals surface area (Å²) < 4.78 is 0. The molecule has 3 fully saturated rings. The summed E-state index contributed by atoms with van der Waals surface area (Å²) in [5.41, 5.74) is 0. The van der Waals surface area contributed by atoms with Crippen molar-refractivity contribution in [2.75, 3.05) is 33.2 Å². The number of nitrogens with zero attached hydrogens (tertiary/aromatic N) is 2. The molecule has 2 unspecified atom stereocenters. The maximum atomic E-state index is 3.74. The first-order valence-corrected chi connectivity index (χ1v) is 8.00. The molecule has 3 aliphatic rings. The van der Waals surface area contributed by atoms with Gasteiger partial charge >= 0.3 is 0 Å². The summed E-state index contributed by atoms with van der Waals surface area (Å²) in [7, 11) is 2.35. The Morgan fingerprint density at radius 3 is 2.39 bits per heavy atom. The lowest BCUT2D eigenvalue weighted by Crippen LogP contribution is -2.48. The molecule has 1 N–H and O–H groups in total. The number of hydrogen-bond donors (Lipinski definition) is 1. The molecule has 0 radical (unpaired) electrons. The van der Waals surface area contributed by atoms with Gasteiger partial charge in [-0.2, -0.15) is 0 Å². The number of likely N-dealkylation sites (tertiary alicyclic amines) is 1. The second-order valence-corrected chi connectivity index (χ2v) is 6.65. The van der Waals surface area contributed by atoms with Crippen LogP contribution in [0.3, 0.4) is 0 Å². The van der Waals surface area contributed by atoms with E-state index in [1.165, 1.54) is 71.1 Å². The minimum Gasteiger partial charge on any atom is -0.311 e. The number of nitrogens with one attached hydrogen (secondary N) is 1. The van der Waals surface area contributed by atoms with Crippen LogP contribution in [0.25, 0.3) is 0 Å². The Balaban J connectivity index is 1.42.